The van der Waals surface area contributed by atoms with Crippen LogP contribution in [0.15, 0.2) is 11.6 Å². The van der Waals surface area contributed by atoms with Crippen LogP contribution in [0.2, 0.25) is 0 Å². The Kier molecular flexibility index (Phi) is 5.55. The van der Waals surface area contributed by atoms with Crippen molar-refractivity contribution in [3.63, 3.8) is 0 Å². The van der Waals surface area contributed by atoms with E-state index in [1.54, 1.807) is 0 Å². The Balaban J connectivity index is 1.90. The molecule has 0 aromatic rings. The van der Waals surface area contributed by atoms with Crippen LogP contribution in [0.1, 0.15) is 73.1 Å². The van der Waals surface area contributed by atoms with Crippen LogP contribution in [0.5, 0.6) is 0 Å². The highest BCUT2D eigenvalue weighted by molar-refractivity contribution is 5.77. The molecule has 0 unspecified atom stereocenters. The summed E-state index contributed by atoms with van der Waals surface area (Å²) in [5.41, 5.74) is 1.63. The minimum Gasteiger partial charge on any atom is -0.462 e. The lowest BCUT2D eigenvalue weighted by Gasteiger charge is -2.64. The van der Waals surface area contributed by atoms with E-state index in [2.05, 4.69) is 40.7 Å². The van der Waals surface area contributed by atoms with Crippen LogP contribution >= 0.6 is 0 Å². The van der Waals surface area contributed by atoms with Crippen molar-refractivity contribution in [1.82, 2.24) is 0 Å². The van der Waals surface area contributed by atoms with Crippen LogP contribution in [0.25, 0.3) is 0 Å². The van der Waals surface area contributed by atoms with E-state index in [1.807, 2.05) is 0 Å². The normalized spacial score (nSPS) is 41.7. The molecule has 0 heterocycles. The molecule has 2 saturated carbocycles. The molecule has 0 bridgehead atoms. The van der Waals surface area contributed by atoms with Crippen molar-refractivity contribution >= 4 is 5.97 Å². The van der Waals surface area contributed by atoms with Crippen molar-refractivity contribution in [2.75, 3.05) is 13.2 Å². The topological polar surface area (TPSA) is 66.8 Å². The molecule has 154 valence electrons. The third-order valence-electron chi connectivity index (χ3n) is 8.49. The van der Waals surface area contributed by atoms with E-state index in [0.717, 1.165) is 18.4 Å². The number of carbonyl (C=O) groups is 1. The van der Waals surface area contributed by atoms with E-state index in [4.69, 9.17) is 9.84 Å². The Bertz CT molecular complexity index is 609. The Morgan fingerprint density at radius 1 is 1.19 bits per heavy atom. The number of aliphatic hydroxyl groups excluding tert-OH is 2. The van der Waals surface area contributed by atoms with Crippen molar-refractivity contribution in [3.8, 4) is 0 Å². The Morgan fingerprint density at radius 3 is 2.56 bits per heavy atom. The fourth-order valence-corrected chi connectivity index (χ4v) is 7.28. The van der Waals surface area contributed by atoms with Crippen LogP contribution in [0.3, 0.4) is 0 Å². The summed E-state index contributed by atoms with van der Waals surface area (Å²) in [7, 11) is 0. The molecule has 2 N–H and O–H groups in total. The van der Waals surface area contributed by atoms with Gasteiger partial charge in [-0.15, -0.1) is 0 Å². The molecule has 3 rings (SSSR count). The first-order valence-corrected chi connectivity index (χ1v) is 10.7. The highest BCUT2D eigenvalue weighted by Gasteiger charge is 2.62. The summed E-state index contributed by atoms with van der Waals surface area (Å²) in [5, 5.41) is 18.6. The molecule has 6 atom stereocenters. The number of ether oxygens (including phenoxy) is 1. The maximum absolute atomic E-state index is 13.0. The zero-order valence-corrected chi connectivity index (χ0v) is 17.8. The van der Waals surface area contributed by atoms with E-state index < -0.39 is 6.10 Å². The average Bonchev–Trinajstić information content (AvgIpc) is 2.57. The smallest absolute Gasteiger partial charge is 0.313 e. The molecule has 3 aliphatic rings. The van der Waals surface area contributed by atoms with Gasteiger partial charge in [-0.25, -0.2) is 0 Å². The van der Waals surface area contributed by atoms with Gasteiger partial charge < -0.3 is 14.9 Å². The zero-order chi connectivity index (χ0) is 20.0. The highest BCUT2D eigenvalue weighted by Crippen LogP contribution is 2.68. The van der Waals surface area contributed by atoms with Gasteiger partial charge in [0.1, 0.15) is 12.7 Å². The highest BCUT2D eigenvalue weighted by atomic mass is 16.5. The van der Waals surface area contributed by atoms with E-state index in [-0.39, 0.29) is 35.9 Å². The summed E-state index contributed by atoms with van der Waals surface area (Å²) in [6.07, 6.45) is 8.35. The lowest BCUT2D eigenvalue weighted by atomic mass is 9.40. The minimum atomic E-state index is -1.00. The molecule has 0 radical (unpaired) electrons. The number of rotatable bonds is 4. The van der Waals surface area contributed by atoms with Crippen molar-refractivity contribution in [3.05, 3.63) is 11.6 Å². The molecule has 3 aliphatic carbocycles. The summed E-state index contributed by atoms with van der Waals surface area (Å²) in [6, 6.07) is 0. The molecule has 0 amide bonds. The van der Waals surface area contributed by atoms with Crippen molar-refractivity contribution in [2.45, 2.75) is 79.2 Å². The van der Waals surface area contributed by atoms with E-state index in [0.29, 0.717) is 17.3 Å². The first kappa shape index (κ1) is 20.9. The third-order valence-corrected chi connectivity index (χ3v) is 8.49. The van der Waals surface area contributed by atoms with Gasteiger partial charge in [0, 0.05) is 0 Å². The number of hydrogen-bond acceptors (Lipinski definition) is 4. The summed E-state index contributed by atoms with van der Waals surface area (Å²) in [4.78, 5) is 13.0. The van der Waals surface area contributed by atoms with Gasteiger partial charge in [0.05, 0.1) is 12.5 Å². The van der Waals surface area contributed by atoms with Crippen molar-refractivity contribution < 1.29 is 19.7 Å². The molecule has 0 saturated heterocycles. The number of fused-ring (bicyclic) bond motifs is 3. The van der Waals surface area contributed by atoms with Gasteiger partial charge in [-0.2, -0.15) is 0 Å². The maximum Gasteiger partial charge on any atom is 0.313 e. The predicted molar refractivity (Wildman–Crippen MR) is 106 cm³/mol. The van der Waals surface area contributed by atoms with E-state index in [1.165, 1.54) is 25.7 Å². The quantitative estimate of drug-likeness (QED) is 0.571. The summed E-state index contributed by atoms with van der Waals surface area (Å²) in [6.45, 7) is 11.2. The molecular weight excluding hydrogens is 340 g/mol. The lowest BCUT2D eigenvalue weighted by Crippen LogP contribution is -2.58. The SMILES string of the molecule is CC1=CC[C@H]2[C@@](C)(CC[C@H]3C(C)(C)CCC[C@]23C)[C@@H]1C(=O)OC[C@@H](O)CO. The number of allylic oxidation sites excluding steroid dienone is 1. The summed E-state index contributed by atoms with van der Waals surface area (Å²) < 4.78 is 5.44. The summed E-state index contributed by atoms with van der Waals surface area (Å²) in [5.74, 6) is 0.703. The first-order valence-electron chi connectivity index (χ1n) is 10.7. The molecule has 4 nitrogen and oxygen atoms in total. The van der Waals surface area contributed by atoms with Crippen LogP contribution in [-0.4, -0.2) is 35.5 Å². The average molecular weight is 379 g/mol. The fraction of sp³-hybridized carbons (Fsp3) is 0.870. The van der Waals surface area contributed by atoms with Gasteiger partial charge in [-0.1, -0.05) is 45.8 Å². The molecule has 4 heteroatoms. The Morgan fingerprint density at radius 2 is 1.89 bits per heavy atom. The largest absolute Gasteiger partial charge is 0.462 e. The molecule has 2 fully saturated rings. The molecular formula is C23H38O4. The maximum atomic E-state index is 13.0. The zero-order valence-electron chi connectivity index (χ0n) is 17.8. The fourth-order valence-electron chi connectivity index (χ4n) is 7.28. The molecule has 27 heavy (non-hydrogen) atoms. The lowest BCUT2D eigenvalue weighted by molar-refractivity contribution is -0.174. The number of hydrogen-bond donors (Lipinski definition) is 2. The second-order valence-electron chi connectivity index (χ2n) is 10.6. The van der Waals surface area contributed by atoms with Gasteiger partial charge in [0.15, 0.2) is 0 Å². The van der Waals surface area contributed by atoms with Gasteiger partial charge in [-0.3, -0.25) is 4.79 Å². The summed E-state index contributed by atoms with van der Waals surface area (Å²) >= 11 is 0. The molecule has 0 spiro atoms. The standard InChI is InChI=1S/C23H38O4/c1-15-7-8-18-22(4)11-6-10-21(2,3)17(22)9-12-23(18,5)19(15)20(26)27-14-16(25)13-24/h7,16-19,24-25H,6,8-14H2,1-5H3/t16-,17-,18+,19-,22-,23+/m0/s1. The van der Waals surface area contributed by atoms with Crippen LogP contribution in [-0.2, 0) is 9.53 Å². The molecule has 0 aliphatic heterocycles. The van der Waals surface area contributed by atoms with Gasteiger partial charge in [0.2, 0.25) is 0 Å². The van der Waals surface area contributed by atoms with E-state index >= 15 is 0 Å². The van der Waals surface area contributed by atoms with Crippen LogP contribution < -0.4 is 0 Å². The van der Waals surface area contributed by atoms with Crippen molar-refractivity contribution in [2.24, 2.45) is 34.0 Å². The number of carbonyl (C=O) groups excluding carboxylic acids is 1. The van der Waals surface area contributed by atoms with Crippen molar-refractivity contribution in [1.29, 1.82) is 0 Å². The molecule has 0 aromatic heterocycles. The van der Waals surface area contributed by atoms with Gasteiger partial charge in [-0.05, 0) is 67.1 Å². The minimum absolute atomic E-state index is 0.0985. The second-order valence-corrected chi connectivity index (χ2v) is 10.6. The Labute approximate surface area is 164 Å². The van der Waals surface area contributed by atoms with Crippen LogP contribution in [0, 0.1) is 34.0 Å². The number of aliphatic hydroxyl groups is 2. The molecule has 0 aromatic carbocycles. The number of esters is 1. The van der Waals surface area contributed by atoms with E-state index in [9.17, 15) is 9.90 Å². The monoisotopic (exact) mass is 378 g/mol. The second kappa shape index (κ2) is 7.18. The van der Waals surface area contributed by atoms with Gasteiger partial charge >= 0.3 is 5.97 Å². The van der Waals surface area contributed by atoms with Crippen LogP contribution in [0.4, 0.5) is 0 Å². The Hall–Kier alpha value is -0.870. The first-order chi connectivity index (χ1) is 12.6. The third kappa shape index (κ3) is 3.37. The van der Waals surface area contributed by atoms with Gasteiger partial charge in [0.25, 0.3) is 0 Å². The predicted octanol–water partition coefficient (Wildman–Crippen LogP) is 4.10.